The van der Waals surface area contributed by atoms with Crippen molar-refractivity contribution in [3.63, 3.8) is 0 Å². The largest absolute Gasteiger partial charge is 0.256 e. The van der Waals surface area contributed by atoms with Crippen LogP contribution in [0.4, 0.5) is 0 Å². The lowest BCUT2D eigenvalue weighted by molar-refractivity contribution is 1.45. The Morgan fingerprint density at radius 1 is 0.306 bits per heavy atom. The molecule has 2 aromatic heterocycles. The van der Waals surface area contributed by atoms with Crippen LogP contribution in [0.3, 0.4) is 0 Å². The van der Waals surface area contributed by atoms with Gasteiger partial charge in [-0.3, -0.25) is 9.97 Å². The van der Waals surface area contributed by atoms with Crippen molar-refractivity contribution in [3.8, 4) is 0 Å². The van der Waals surface area contributed by atoms with Gasteiger partial charge in [0.15, 0.2) is 0 Å². The maximum absolute atomic E-state index is 4.52. The first-order chi connectivity index (χ1) is 17.9. The molecule has 2 heterocycles. The number of para-hydroxylation sites is 2. The summed E-state index contributed by atoms with van der Waals surface area (Å²) >= 11 is 0. The van der Waals surface area contributed by atoms with Crippen molar-refractivity contribution < 1.29 is 0 Å². The predicted molar refractivity (Wildman–Crippen MR) is 154 cm³/mol. The Kier molecular flexibility index (Phi) is 4.82. The van der Waals surface area contributed by atoms with Crippen molar-refractivity contribution in [1.82, 2.24) is 9.97 Å². The second kappa shape index (κ2) is 8.44. The zero-order valence-electron chi connectivity index (χ0n) is 19.6. The highest BCUT2D eigenvalue weighted by atomic mass is 14.7. The van der Waals surface area contributed by atoms with E-state index in [9.17, 15) is 0 Å². The molecule has 8 aromatic rings. The topological polar surface area (TPSA) is 25.8 Å². The number of nitrogens with zero attached hydrogens (tertiary/aromatic N) is 2. The molecule has 0 aliphatic carbocycles. The van der Waals surface area contributed by atoms with Crippen LogP contribution in [0.5, 0.6) is 0 Å². The molecule has 0 bridgehead atoms. The highest BCUT2D eigenvalue weighted by molar-refractivity contribution is 6.20. The van der Waals surface area contributed by atoms with Gasteiger partial charge in [-0.1, -0.05) is 109 Å². The van der Waals surface area contributed by atoms with Gasteiger partial charge >= 0.3 is 0 Å². The fraction of sp³-hybridized carbons (Fsp3) is 0. The molecule has 0 saturated carbocycles. The van der Waals surface area contributed by atoms with Crippen molar-refractivity contribution in [2.75, 3.05) is 0 Å². The van der Waals surface area contributed by atoms with Crippen molar-refractivity contribution >= 4 is 64.9 Å². The molecule has 0 radical (unpaired) electrons. The van der Waals surface area contributed by atoms with Crippen molar-refractivity contribution in [2.24, 2.45) is 0 Å². The average Bonchev–Trinajstić information content (AvgIpc) is 2.96. The summed E-state index contributed by atoms with van der Waals surface area (Å²) in [5, 5.41) is 12.6. The zero-order valence-corrected chi connectivity index (χ0v) is 19.6. The first kappa shape index (κ1) is 20.5. The molecular weight excluding hydrogens is 436 g/mol. The highest BCUT2D eigenvalue weighted by Crippen LogP contribution is 2.31. The summed E-state index contributed by atoms with van der Waals surface area (Å²) in [6, 6.07) is 42.3. The van der Waals surface area contributed by atoms with E-state index in [0.717, 1.165) is 11.0 Å². The summed E-state index contributed by atoms with van der Waals surface area (Å²) in [7, 11) is 0. The van der Waals surface area contributed by atoms with Crippen LogP contribution >= 0.6 is 0 Å². The second-order valence-corrected chi connectivity index (χ2v) is 9.05. The monoisotopic (exact) mass is 458 g/mol. The molecule has 0 fully saturated rings. The average molecular weight is 459 g/mol. The maximum atomic E-state index is 4.52. The number of benzene rings is 6. The van der Waals surface area contributed by atoms with Crippen LogP contribution in [0.1, 0.15) is 0 Å². The molecule has 168 valence electrons. The molecule has 36 heavy (non-hydrogen) atoms. The zero-order chi connectivity index (χ0) is 23.9. The van der Waals surface area contributed by atoms with E-state index in [1.165, 1.54) is 53.9 Å². The van der Waals surface area contributed by atoms with Gasteiger partial charge < -0.3 is 0 Å². The molecule has 0 spiro atoms. The fourth-order valence-corrected chi connectivity index (χ4v) is 5.27. The third kappa shape index (κ3) is 3.35. The van der Waals surface area contributed by atoms with E-state index >= 15 is 0 Å². The summed E-state index contributed by atoms with van der Waals surface area (Å²) in [6.45, 7) is 0. The summed E-state index contributed by atoms with van der Waals surface area (Å²) in [5.41, 5.74) is 2.11. The van der Waals surface area contributed by atoms with Crippen LogP contribution in [0.25, 0.3) is 64.9 Å². The first-order valence-electron chi connectivity index (χ1n) is 12.2. The van der Waals surface area contributed by atoms with Crippen molar-refractivity contribution in [1.29, 1.82) is 0 Å². The second-order valence-electron chi connectivity index (χ2n) is 9.05. The molecule has 2 heteroatoms. The first-order valence-corrected chi connectivity index (χ1v) is 12.2. The number of pyridine rings is 2. The molecule has 0 amide bonds. The van der Waals surface area contributed by atoms with Crippen LogP contribution in [0.15, 0.2) is 134 Å². The molecule has 0 atom stereocenters. The lowest BCUT2D eigenvalue weighted by atomic mass is 10.00. The number of aromatic nitrogens is 2. The minimum atomic E-state index is 1.06. The maximum Gasteiger partial charge on any atom is 0.0708 e. The Bertz CT molecular complexity index is 1770. The quantitative estimate of drug-likeness (QED) is 0.212. The summed E-state index contributed by atoms with van der Waals surface area (Å²) < 4.78 is 0. The highest BCUT2D eigenvalue weighted by Gasteiger charge is 2.06. The molecule has 6 aromatic carbocycles. The summed E-state index contributed by atoms with van der Waals surface area (Å²) in [4.78, 5) is 9.03. The van der Waals surface area contributed by atoms with Gasteiger partial charge in [0.1, 0.15) is 0 Å². The van der Waals surface area contributed by atoms with E-state index < -0.39 is 0 Å². The van der Waals surface area contributed by atoms with Gasteiger partial charge in [-0.25, -0.2) is 0 Å². The fourth-order valence-electron chi connectivity index (χ4n) is 5.27. The van der Waals surface area contributed by atoms with Crippen molar-refractivity contribution in [2.45, 2.75) is 0 Å². The number of hydrogen-bond donors (Lipinski definition) is 0. The van der Waals surface area contributed by atoms with Crippen molar-refractivity contribution in [3.05, 3.63) is 134 Å². The van der Waals surface area contributed by atoms with Crippen LogP contribution in [0.2, 0.25) is 0 Å². The van der Waals surface area contributed by atoms with E-state index in [0.29, 0.717) is 0 Å². The Hall–Kier alpha value is -4.82. The van der Waals surface area contributed by atoms with Gasteiger partial charge in [0.25, 0.3) is 0 Å². The van der Waals surface area contributed by atoms with E-state index in [1.54, 1.807) is 0 Å². The molecule has 8 rings (SSSR count). The Morgan fingerprint density at radius 2 is 0.667 bits per heavy atom. The minimum Gasteiger partial charge on any atom is -0.256 e. The van der Waals surface area contributed by atoms with Gasteiger partial charge in [-0.05, 0) is 33.7 Å². The number of rotatable bonds is 0. The number of hydrogen-bond acceptors (Lipinski definition) is 2. The molecule has 0 N–H and O–H groups in total. The van der Waals surface area contributed by atoms with E-state index in [1.807, 2.05) is 24.5 Å². The summed E-state index contributed by atoms with van der Waals surface area (Å²) in [6.07, 6.45) is 3.92. The van der Waals surface area contributed by atoms with Gasteiger partial charge in [0.2, 0.25) is 0 Å². The lowest BCUT2D eigenvalue weighted by Crippen LogP contribution is -1.83. The third-order valence-corrected chi connectivity index (χ3v) is 6.95. The predicted octanol–water partition coefficient (Wildman–Crippen LogP) is 9.08. The van der Waals surface area contributed by atoms with Crippen LogP contribution in [-0.2, 0) is 0 Å². The van der Waals surface area contributed by atoms with Gasteiger partial charge in [0.05, 0.1) is 11.0 Å². The van der Waals surface area contributed by atoms with Crippen LogP contribution < -0.4 is 0 Å². The van der Waals surface area contributed by atoms with Gasteiger partial charge in [-0.15, -0.1) is 0 Å². The Labute approximate surface area is 208 Å². The Morgan fingerprint density at radius 3 is 1.14 bits per heavy atom. The standard InChI is InChI=1S/2C17H11N/c2*1-2-6-14-12(5-1)9-10-13-11-18-16-8-4-3-7-15(16)17(13)14/h2*1-11H. The van der Waals surface area contributed by atoms with Gasteiger partial charge in [-0.2, -0.15) is 0 Å². The molecule has 0 aliphatic rings. The van der Waals surface area contributed by atoms with Crippen LogP contribution in [-0.4, -0.2) is 9.97 Å². The van der Waals surface area contributed by atoms with Gasteiger partial charge in [0, 0.05) is 44.7 Å². The number of fused-ring (bicyclic) bond motifs is 10. The smallest absolute Gasteiger partial charge is 0.0708 e. The molecule has 0 aliphatic heterocycles. The summed E-state index contributed by atoms with van der Waals surface area (Å²) in [5.74, 6) is 0. The molecular formula is C34H22N2. The Balaban J connectivity index is 0.000000122. The molecule has 0 unspecified atom stereocenters. The normalized spacial score (nSPS) is 11.3. The molecule has 2 nitrogen and oxygen atoms in total. The van der Waals surface area contributed by atoms with E-state index in [-0.39, 0.29) is 0 Å². The third-order valence-electron chi connectivity index (χ3n) is 6.95. The van der Waals surface area contributed by atoms with E-state index in [2.05, 4.69) is 119 Å². The van der Waals surface area contributed by atoms with E-state index in [4.69, 9.17) is 0 Å². The molecule has 0 saturated heterocycles. The lowest BCUT2D eigenvalue weighted by Gasteiger charge is -2.06. The van der Waals surface area contributed by atoms with Crippen LogP contribution in [0, 0.1) is 0 Å². The minimum absolute atomic E-state index is 1.06. The SMILES string of the molecule is c1ccc2c(c1)ccc1cnc3ccccc3c12.c1ccc2c(c1)ccc1cnc3ccccc3c12.